The van der Waals surface area contributed by atoms with Gasteiger partial charge in [-0.1, -0.05) is 42.3 Å². The van der Waals surface area contributed by atoms with E-state index in [9.17, 15) is 8.42 Å². The lowest BCUT2D eigenvalue weighted by Crippen LogP contribution is -2.32. The van der Waals surface area contributed by atoms with Gasteiger partial charge in [-0.25, -0.2) is 8.42 Å². The molecule has 0 aliphatic heterocycles. The zero-order chi connectivity index (χ0) is 15.6. The van der Waals surface area contributed by atoms with Gasteiger partial charge >= 0.3 is 0 Å². The summed E-state index contributed by atoms with van der Waals surface area (Å²) in [4.78, 5) is 0.0101. The molecule has 114 valence electrons. The van der Waals surface area contributed by atoms with Crippen molar-refractivity contribution in [2.24, 2.45) is 0 Å². The molecule has 0 unspecified atom stereocenters. The molecule has 0 atom stereocenters. The van der Waals surface area contributed by atoms with E-state index < -0.39 is 10.0 Å². The van der Waals surface area contributed by atoms with Crippen LogP contribution in [0.2, 0.25) is 8.67 Å². The fraction of sp³-hybridized carbons (Fsp3) is 0.231. The van der Waals surface area contributed by atoms with Crippen molar-refractivity contribution in [1.29, 1.82) is 0 Å². The highest BCUT2D eigenvalue weighted by Crippen LogP contribution is 2.38. The largest absolute Gasteiger partial charge is 0.397 e. The number of halogens is 2. The molecule has 0 saturated carbocycles. The standard InChI is InChI=1S/C13H14Cl2N2O2S2/c1-2-7-17(10-6-4-3-5-9(10)16)21(18,19)11-8-12(14)20-13(11)15/h3-6,8H,2,7,16H2,1H3. The fourth-order valence-electron chi connectivity index (χ4n) is 1.91. The summed E-state index contributed by atoms with van der Waals surface area (Å²) in [5.74, 6) is 0. The minimum atomic E-state index is -3.80. The first-order valence-corrected chi connectivity index (χ1v) is 9.21. The second-order valence-electron chi connectivity index (χ2n) is 4.32. The Balaban J connectivity index is 2.57. The predicted octanol–water partition coefficient (Wildman–Crippen LogP) is 4.24. The predicted molar refractivity (Wildman–Crippen MR) is 90.0 cm³/mol. The van der Waals surface area contributed by atoms with Gasteiger partial charge in [-0.3, -0.25) is 4.31 Å². The number of nitrogens with two attached hydrogens (primary N) is 1. The lowest BCUT2D eigenvalue weighted by Gasteiger charge is -2.24. The molecule has 0 fully saturated rings. The molecule has 0 aliphatic rings. The van der Waals surface area contributed by atoms with Crippen LogP contribution in [0.25, 0.3) is 0 Å². The van der Waals surface area contributed by atoms with Crippen LogP contribution in [0.3, 0.4) is 0 Å². The molecule has 0 bridgehead atoms. The summed E-state index contributed by atoms with van der Waals surface area (Å²) in [6, 6.07) is 8.20. The lowest BCUT2D eigenvalue weighted by molar-refractivity contribution is 0.590. The molecule has 0 amide bonds. The third-order valence-corrected chi connectivity index (χ3v) is 6.39. The minimum absolute atomic E-state index is 0.0101. The van der Waals surface area contributed by atoms with Crippen molar-refractivity contribution >= 4 is 55.9 Å². The smallest absolute Gasteiger partial charge is 0.266 e. The first-order valence-electron chi connectivity index (χ1n) is 6.20. The van der Waals surface area contributed by atoms with Crippen LogP contribution in [0.15, 0.2) is 35.2 Å². The number of nitrogen functional groups attached to an aromatic ring is 1. The second kappa shape index (κ2) is 6.44. The number of thiophene rings is 1. The quantitative estimate of drug-likeness (QED) is 0.806. The molecule has 0 radical (unpaired) electrons. The Morgan fingerprint density at radius 1 is 1.29 bits per heavy atom. The molecule has 4 nitrogen and oxygen atoms in total. The number of sulfonamides is 1. The molecular weight excluding hydrogens is 351 g/mol. The minimum Gasteiger partial charge on any atom is -0.397 e. The maximum Gasteiger partial charge on any atom is 0.266 e. The van der Waals surface area contributed by atoms with Gasteiger partial charge in [0.2, 0.25) is 0 Å². The molecule has 1 aromatic carbocycles. The first-order chi connectivity index (χ1) is 9.87. The average Bonchev–Trinajstić information content (AvgIpc) is 2.77. The summed E-state index contributed by atoms with van der Waals surface area (Å²) >= 11 is 12.9. The number of anilines is 2. The van der Waals surface area contributed by atoms with Crippen molar-refractivity contribution in [2.45, 2.75) is 18.2 Å². The molecule has 21 heavy (non-hydrogen) atoms. The van der Waals surface area contributed by atoms with E-state index in [0.29, 0.717) is 28.7 Å². The highest BCUT2D eigenvalue weighted by Gasteiger charge is 2.29. The zero-order valence-electron chi connectivity index (χ0n) is 11.2. The molecule has 1 heterocycles. The average molecular weight is 365 g/mol. The van der Waals surface area contributed by atoms with Gasteiger partial charge < -0.3 is 5.73 Å². The van der Waals surface area contributed by atoms with Crippen molar-refractivity contribution in [3.05, 3.63) is 39.0 Å². The van der Waals surface area contributed by atoms with Crippen LogP contribution >= 0.6 is 34.5 Å². The van der Waals surface area contributed by atoms with Gasteiger partial charge in [0.15, 0.2) is 0 Å². The van der Waals surface area contributed by atoms with E-state index in [-0.39, 0.29) is 9.23 Å². The summed E-state index contributed by atoms with van der Waals surface area (Å²) in [6.45, 7) is 2.20. The Morgan fingerprint density at radius 3 is 2.48 bits per heavy atom. The third-order valence-electron chi connectivity index (χ3n) is 2.83. The van der Waals surface area contributed by atoms with Crippen LogP contribution in [0.4, 0.5) is 11.4 Å². The molecule has 2 rings (SSSR count). The number of hydrogen-bond donors (Lipinski definition) is 1. The molecule has 2 aromatic rings. The van der Waals surface area contributed by atoms with E-state index in [0.717, 1.165) is 11.3 Å². The van der Waals surface area contributed by atoms with Crippen LogP contribution in [-0.2, 0) is 10.0 Å². The topological polar surface area (TPSA) is 63.4 Å². The van der Waals surface area contributed by atoms with Gasteiger partial charge in [0.05, 0.1) is 15.7 Å². The van der Waals surface area contributed by atoms with Gasteiger partial charge in [-0.05, 0) is 24.6 Å². The highest BCUT2D eigenvalue weighted by atomic mass is 35.5. The molecule has 8 heteroatoms. The van der Waals surface area contributed by atoms with E-state index in [4.69, 9.17) is 28.9 Å². The monoisotopic (exact) mass is 364 g/mol. The summed E-state index contributed by atoms with van der Waals surface area (Å²) in [6.07, 6.45) is 0.642. The number of benzene rings is 1. The maximum atomic E-state index is 12.8. The van der Waals surface area contributed by atoms with Crippen molar-refractivity contribution in [3.63, 3.8) is 0 Å². The number of hydrogen-bond acceptors (Lipinski definition) is 4. The summed E-state index contributed by atoms with van der Waals surface area (Å²) in [5.41, 5.74) is 6.74. The Labute approximate surface area is 138 Å². The molecule has 0 saturated heterocycles. The second-order valence-corrected chi connectivity index (χ2v) is 8.44. The van der Waals surface area contributed by atoms with E-state index >= 15 is 0 Å². The number of para-hydroxylation sites is 2. The highest BCUT2D eigenvalue weighted by molar-refractivity contribution is 7.93. The summed E-state index contributed by atoms with van der Waals surface area (Å²) in [7, 11) is -3.80. The van der Waals surface area contributed by atoms with Crippen molar-refractivity contribution < 1.29 is 8.42 Å². The van der Waals surface area contributed by atoms with E-state index in [1.807, 2.05) is 6.92 Å². The molecule has 1 aromatic heterocycles. The van der Waals surface area contributed by atoms with E-state index in [1.165, 1.54) is 10.4 Å². The van der Waals surface area contributed by atoms with Gasteiger partial charge in [-0.15, -0.1) is 11.3 Å². The SMILES string of the molecule is CCCN(c1ccccc1N)S(=O)(=O)c1cc(Cl)sc1Cl. The van der Waals surface area contributed by atoms with Crippen molar-refractivity contribution in [2.75, 3.05) is 16.6 Å². The number of nitrogens with zero attached hydrogens (tertiary/aromatic N) is 1. The van der Waals surface area contributed by atoms with Crippen LogP contribution in [0, 0.1) is 0 Å². The number of rotatable bonds is 5. The first kappa shape index (κ1) is 16.4. The Morgan fingerprint density at radius 2 is 1.95 bits per heavy atom. The van der Waals surface area contributed by atoms with Crippen LogP contribution in [-0.4, -0.2) is 15.0 Å². The normalized spacial score (nSPS) is 11.6. The van der Waals surface area contributed by atoms with Crippen LogP contribution < -0.4 is 10.0 Å². The van der Waals surface area contributed by atoms with Crippen molar-refractivity contribution in [3.8, 4) is 0 Å². The van der Waals surface area contributed by atoms with Crippen LogP contribution in [0.5, 0.6) is 0 Å². The summed E-state index contributed by atoms with van der Waals surface area (Å²) < 4.78 is 27.4. The lowest BCUT2D eigenvalue weighted by atomic mass is 10.2. The molecule has 0 spiro atoms. The van der Waals surface area contributed by atoms with E-state index in [1.54, 1.807) is 24.3 Å². The maximum absolute atomic E-state index is 12.8. The molecular formula is C13H14Cl2N2O2S2. The van der Waals surface area contributed by atoms with Gasteiger partial charge in [0, 0.05) is 6.54 Å². The van der Waals surface area contributed by atoms with Gasteiger partial charge in [-0.2, -0.15) is 0 Å². The van der Waals surface area contributed by atoms with Gasteiger partial charge in [0.25, 0.3) is 10.0 Å². The molecule has 0 aliphatic carbocycles. The summed E-state index contributed by atoms with van der Waals surface area (Å²) in [5, 5.41) is 0. The molecule has 2 N–H and O–H groups in total. The third kappa shape index (κ3) is 3.29. The zero-order valence-corrected chi connectivity index (χ0v) is 14.4. The van der Waals surface area contributed by atoms with Gasteiger partial charge in [0.1, 0.15) is 9.23 Å². The van der Waals surface area contributed by atoms with Crippen molar-refractivity contribution in [1.82, 2.24) is 0 Å². The Bertz CT molecular complexity index is 744. The van der Waals surface area contributed by atoms with E-state index in [2.05, 4.69) is 0 Å². The van der Waals surface area contributed by atoms with Crippen LogP contribution in [0.1, 0.15) is 13.3 Å². The Hall–Kier alpha value is -0.950. The Kier molecular flexibility index (Phi) is 5.03. The fourth-order valence-corrected chi connectivity index (χ4v) is 5.61.